The van der Waals surface area contributed by atoms with Crippen LogP contribution in [0.4, 0.5) is 0 Å². The van der Waals surface area contributed by atoms with Crippen LogP contribution in [0.5, 0.6) is 11.5 Å². The van der Waals surface area contributed by atoms with Gasteiger partial charge in [-0.05, 0) is 42.8 Å². The van der Waals surface area contributed by atoms with Gasteiger partial charge in [0.15, 0.2) is 23.0 Å². The number of benzene rings is 1. The van der Waals surface area contributed by atoms with Crippen LogP contribution in [0, 0.1) is 0 Å². The molecule has 0 saturated carbocycles. The maximum atomic E-state index is 11.2. The summed E-state index contributed by atoms with van der Waals surface area (Å²) in [6.45, 7) is 9.09. The summed E-state index contributed by atoms with van der Waals surface area (Å²) in [5.41, 5.74) is 1.75. The van der Waals surface area contributed by atoms with Crippen molar-refractivity contribution in [3.63, 3.8) is 0 Å². The predicted octanol–water partition coefficient (Wildman–Crippen LogP) is 4.72. The molecule has 1 atom stereocenters. The minimum Gasteiger partial charge on any atom is -0.454 e. The van der Waals surface area contributed by atoms with Gasteiger partial charge < -0.3 is 13.9 Å². The van der Waals surface area contributed by atoms with Gasteiger partial charge in [-0.2, -0.15) is 0 Å². The highest BCUT2D eigenvalue weighted by atomic mass is 16.7. The Hall–Kier alpha value is -2.75. The third kappa shape index (κ3) is 2.93. The fraction of sp³-hybridized carbons (Fsp3) is 0.211. The minimum atomic E-state index is -0.817. The summed E-state index contributed by atoms with van der Waals surface area (Å²) in [6, 6.07) is 9.12. The zero-order valence-corrected chi connectivity index (χ0v) is 13.4. The number of Topliss-reactive ketones (excluding diaryl/α,β-unsaturated/α-hetero) is 1. The molecule has 4 heteroatoms. The van der Waals surface area contributed by atoms with Crippen molar-refractivity contribution in [2.24, 2.45) is 0 Å². The van der Waals surface area contributed by atoms with E-state index in [4.69, 9.17) is 13.9 Å². The molecule has 0 radical (unpaired) electrons. The van der Waals surface area contributed by atoms with Crippen molar-refractivity contribution in [2.45, 2.75) is 26.6 Å². The molecule has 1 aromatic carbocycles. The van der Waals surface area contributed by atoms with E-state index >= 15 is 0 Å². The van der Waals surface area contributed by atoms with Crippen molar-refractivity contribution in [3.8, 4) is 11.5 Å². The fourth-order valence-corrected chi connectivity index (χ4v) is 2.22. The number of hydrogen-bond donors (Lipinski definition) is 0. The van der Waals surface area contributed by atoms with Gasteiger partial charge in [-0.1, -0.05) is 18.7 Å². The van der Waals surface area contributed by atoms with Gasteiger partial charge in [0.05, 0.1) is 0 Å². The Kier molecular flexibility index (Phi) is 3.60. The number of ketones is 1. The standard InChI is InChI=1S/C19H18O4/c1-12(2)19(4)22-17-9-6-14(11-18(17)23-19)5-7-15-8-10-16(21-15)13(3)20/h5-11H,1H2,2-4H3. The number of carbonyl (C=O) groups excluding carboxylic acids is 1. The largest absolute Gasteiger partial charge is 0.454 e. The first-order valence-electron chi connectivity index (χ1n) is 7.34. The highest BCUT2D eigenvalue weighted by molar-refractivity contribution is 5.91. The van der Waals surface area contributed by atoms with Gasteiger partial charge in [0, 0.05) is 19.4 Å². The lowest BCUT2D eigenvalue weighted by atomic mass is 10.2. The molecule has 2 aromatic rings. The topological polar surface area (TPSA) is 48.7 Å². The molecular formula is C19H18O4. The Morgan fingerprint density at radius 3 is 2.48 bits per heavy atom. The summed E-state index contributed by atoms with van der Waals surface area (Å²) >= 11 is 0. The first-order chi connectivity index (χ1) is 10.9. The summed E-state index contributed by atoms with van der Waals surface area (Å²) in [5.74, 6) is 1.45. The van der Waals surface area contributed by atoms with Crippen molar-refractivity contribution in [1.82, 2.24) is 0 Å². The molecule has 0 bridgehead atoms. The number of rotatable bonds is 4. The van der Waals surface area contributed by atoms with Crippen molar-refractivity contribution in [3.05, 3.63) is 59.6 Å². The van der Waals surface area contributed by atoms with Crippen LogP contribution in [0.3, 0.4) is 0 Å². The van der Waals surface area contributed by atoms with E-state index in [-0.39, 0.29) is 5.78 Å². The lowest BCUT2D eigenvalue weighted by molar-refractivity contribution is -0.0252. The lowest BCUT2D eigenvalue weighted by Gasteiger charge is -2.22. The molecule has 0 saturated heterocycles. The monoisotopic (exact) mass is 310 g/mol. The van der Waals surface area contributed by atoms with Crippen LogP contribution >= 0.6 is 0 Å². The second-order valence-corrected chi connectivity index (χ2v) is 5.73. The van der Waals surface area contributed by atoms with Gasteiger partial charge in [-0.3, -0.25) is 4.79 Å². The molecule has 118 valence electrons. The summed E-state index contributed by atoms with van der Waals surface area (Å²) < 4.78 is 17.1. The van der Waals surface area contributed by atoms with Gasteiger partial charge in [-0.15, -0.1) is 0 Å². The van der Waals surface area contributed by atoms with Crippen LogP contribution < -0.4 is 9.47 Å². The first kappa shape index (κ1) is 15.2. The highest BCUT2D eigenvalue weighted by Crippen LogP contribution is 2.42. The average molecular weight is 310 g/mol. The molecule has 1 aliphatic rings. The summed E-state index contributed by atoms with van der Waals surface area (Å²) in [6.07, 6.45) is 3.70. The molecule has 1 aromatic heterocycles. The Morgan fingerprint density at radius 2 is 1.83 bits per heavy atom. The molecule has 0 aliphatic carbocycles. The Morgan fingerprint density at radius 1 is 1.09 bits per heavy atom. The number of hydrogen-bond acceptors (Lipinski definition) is 4. The molecular weight excluding hydrogens is 292 g/mol. The van der Waals surface area contributed by atoms with Crippen LogP contribution in [-0.4, -0.2) is 11.6 Å². The molecule has 2 heterocycles. The van der Waals surface area contributed by atoms with E-state index in [1.807, 2.05) is 44.2 Å². The van der Waals surface area contributed by atoms with Gasteiger partial charge in [0.2, 0.25) is 0 Å². The predicted molar refractivity (Wildman–Crippen MR) is 88.6 cm³/mol. The van der Waals surface area contributed by atoms with Crippen molar-refractivity contribution >= 4 is 17.9 Å². The Balaban J connectivity index is 1.80. The number of carbonyl (C=O) groups is 1. The molecule has 0 spiro atoms. The minimum absolute atomic E-state index is 0.0909. The Labute approximate surface area is 135 Å². The fourth-order valence-electron chi connectivity index (χ4n) is 2.22. The molecule has 23 heavy (non-hydrogen) atoms. The zero-order valence-electron chi connectivity index (χ0n) is 13.4. The molecule has 4 nitrogen and oxygen atoms in total. The van der Waals surface area contributed by atoms with Crippen LogP contribution in [0.1, 0.15) is 42.6 Å². The maximum Gasteiger partial charge on any atom is 0.270 e. The van der Waals surface area contributed by atoms with E-state index < -0.39 is 5.79 Å². The number of fused-ring (bicyclic) bond motifs is 1. The van der Waals surface area contributed by atoms with Crippen molar-refractivity contribution in [2.75, 3.05) is 0 Å². The van der Waals surface area contributed by atoms with Crippen molar-refractivity contribution < 1.29 is 18.7 Å². The summed E-state index contributed by atoms with van der Waals surface area (Å²) in [7, 11) is 0. The summed E-state index contributed by atoms with van der Waals surface area (Å²) in [5, 5.41) is 0. The number of furan rings is 1. The van der Waals surface area contributed by atoms with Gasteiger partial charge in [-0.25, -0.2) is 0 Å². The van der Waals surface area contributed by atoms with Crippen molar-refractivity contribution in [1.29, 1.82) is 0 Å². The Bertz CT molecular complexity index is 813. The first-order valence-corrected chi connectivity index (χ1v) is 7.34. The second-order valence-electron chi connectivity index (χ2n) is 5.73. The molecule has 1 unspecified atom stereocenters. The molecule has 3 rings (SSSR count). The smallest absolute Gasteiger partial charge is 0.270 e. The van der Waals surface area contributed by atoms with Crippen LogP contribution in [-0.2, 0) is 0 Å². The molecule has 0 amide bonds. The average Bonchev–Trinajstić information content (AvgIpc) is 3.08. The third-order valence-electron chi connectivity index (χ3n) is 3.77. The normalized spacial score (nSPS) is 19.3. The third-order valence-corrected chi connectivity index (χ3v) is 3.77. The second kappa shape index (κ2) is 5.47. The van der Waals surface area contributed by atoms with E-state index in [0.717, 1.165) is 11.1 Å². The quantitative estimate of drug-likeness (QED) is 0.606. The highest BCUT2D eigenvalue weighted by Gasteiger charge is 2.37. The lowest BCUT2D eigenvalue weighted by Crippen LogP contribution is -2.35. The van der Waals surface area contributed by atoms with Crippen LogP contribution in [0.25, 0.3) is 12.2 Å². The van der Waals surface area contributed by atoms with Gasteiger partial charge in [0.25, 0.3) is 5.79 Å². The van der Waals surface area contributed by atoms with E-state index in [2.05, 4.69) is 6.58 Å². The van der Waals surface area contributed by atoms with E-state index in [1.165, 1.54) is 6.92 Å². The molecule has 0 fully saturated rings. The maximum absolute atomic E-state index is 11.2. The molecule has 0 N–H and O–H groups in total. The van der Waals surface area contributed by atoms with E-state index in [9.17, 15) is 4.79 Å². The molecule has 1 aliphatic heterocycles. The van der Waals surface area contributed by atoms with Crippen LogP contribution in [0.15, 0.2) is 46.9 Å². The van der Waals surface area contributed by atoms with Gasteiger partial charge in [0.1, 0.15) is 5.76 Å². The van der Waals surface area contributed by atoms with E-state index in [1.54, 1.807) is 12.1 Å². The van der Waals surface area contributed by atoms with Gasteiger partial charge >= 0.3 is 0 Å². The number of ether oxygens (including phenoxy) is 2. The zero-order chi connectivity index (χ0) is 16.6. The van der Waals surface area contributed by atoms with E-state index in [0.29, 0.717) is 23.0 Å². The van der Waals surface area contributed by atoms with Crippen LogP contribution in [0.2, 0.25) is 0 Å². The summed E-state index contributed by atoms with van der Waals surface area (Å²) in [4.78, 5) is 11.2. The SMILES string of the molecule is C=C(C)C1(C)Oc2ccc(C=Cc3ccc(C(C)=O)o3)cc2O1.